The average Bonchev–Trinajstić information content (AvgIpc) is 3.19. The monoisotopic (exact) mass is 685 g/mol. The highest BCUT2D eigenvalue weighted by Crippen LogP contribution is 2.39. The molecule has 2 fully saturated rings. The zero-order valence-corrected chi connectivity index (χ0v) is 28.4. The molecule has 262 valence electrons. The molecule has 9 heteroatoms. The van der Waals surface area contributed by atoms with Crippen LogP contribution < -0.4 is 15.4 Å². The van der Waals surface area contributed by atoms with Crippen LogP contribution >= 0.6 is 0 Å². The molecule has 0 saturated carbocycles. The number of aliphatic hydroxyl groups excluding tert-OH is 1. The van der Waals surface area contributed by atoms with Crippen molar-refractivity contribution in [1.29, 1.82) is 0 Å². The number of anilines is 1. The molecule has 0 radical (unpaired) electrons. The first-order valence-corrected chi connectivity index (χ1v) is 17.5. The van der Waals surface area contributed by atoms with Crippen LogP contribution in [0.25, 0.3) is 11.1 Å². The maximum atomic E-state index is 12.7. The number of aliphatic hydroxyl groups is 1. The van der Waals surface area contributed by atoms with Crippen molar-refractivity contribution in [3.05, 3.63) is 150 Å². The zero-order chi connectivity index (χ0) is 34.8. The molecule has 2 aliphatic heterocycles. The summed E-state index contributed by atoms with van der Waals surface area (Å²) in [6.45, 7) is 4.43. The van der Waals surface area contributed by atoms with Crippen LogP contribution in [0.3, 0.4) is 0 Å². The first-order valence-electron chi connectivity index (χ1n) is 17.5. The van der Waals surface area contributed by atoms with Gasteiger partial charge < -0.3 is 34.7 Å². The molecule has 0 spiro atoms. The molecule has 2 amide bonds. The summed E-state index contributed by atoms with van der Waals surface area (Å²) in [7, 11) is 0. The number of carbonyl (C=O) groups is 1. The highest BCUT2D eigenvalue weighted by atomic mass is 16.7. The van der Waals surface area contributed by atoms with Gasteiger partial charge in [0.15, 0.2) is 6.29 Å². The lowest BCUT2D eigenvalue weighted by Crippen LogP contribution is -2.44. The van der Waals surface area contributed by atoms with Crippen LogP contribution in [0.1, 0.15) is 41.1 Å². The van der Waals surface area contributed by atoms with Crippen molar-refractivity contribution in [3.63, 3.8) is 0 Å². The predicted octanol–water partition coefficient (Wildman–Crippen LogP) is 7.84. The van der Waals surface area contributed by atoms with Gasteiger partial charge in [0, 0.05) is 43.9 Å². The summed E-state index contributed by atoms with van der Waals surface area (Å²) in [5.74, 6) is 1.44. The molecular weight excluding hydrogens is 642 g/mol. The summed E-state index contributed by atoms with van der Waals surface area (Å²) in [5, 5.41) is 15.4. The molecule has 5 aromatic rings. The number of hydrogen-bond donors (Lipinski definition) is 3. The maximum Gasteiger partial charge on any atom is 0.319 e. The van der Waals surface area contributed by atoms with Gasteiger partial charge in [-0.25, -0.2) is 4.79 Å². The van der Waals surface area contributed by atoms with E-state index in [0.717, 1.165) is 78.4 Å². The van der Waals surface area contributed by atoms with Crippen molar-refractivity contribution in [2.75, 3.05) is 38.2 Å². The van der Waals surface area contributed by atoms with Crippen molar-refractivity contribution in [3.8, 4) is 22.6 Å². The Labute approximate surface area is 298 Å². The molecule has 0 unspecified atom stereocenters. The van der Waals surface area contributed by atoms with Gasteiger partial charge in [0.2, 0.25) is 0 Å². The lowest BCUT2D eigenvalue weighted by Gasteiger charge is -2.39. The normalized spacial score (nSPS) is 19.3. The summed E-state index contributed by atoms with van der Waals surface area (Å²) in [5.41, 5.74) is 6.59. The number of nitrogens with zero attached hydrogens (tertiary/aromatic N) is 1. The molecule has 2 aliphatic rings. The van der Waals surface area contributed by atoms with Crippen molar-refractivity contribution in [1.82, 2.24) is 10.2 Å². The number of carbonyl (C=O) groups excluding carboxylic acids is 1. The van der Waals surface area contributed by atoms with Crippen LogP contribution in [0, 0.1) is 0 Å². The zero-order valence-electron chi connectivity index (χ0n) is 28.4. The highest BCUT2D eigenvalue weighted by Gasteiger charge is 2.33. The van der Waals surface area contributed by atoms with Gasteiger partial charge in [-0.3, -0.25) is 4.90 Å². The molecule has 7 rings (SSSR count). The van der Waals surface area contributed by atoms with Gasteiger partial charge in [0.05, 0.1) is 32.0 Å². The first kappa shape index (κ1) is 34.4. The van der Waals surface area contributed by atoms with Crippen molar-refractivity contribution in [2.45, 2.75) is 38.1 Å². The SMILES string of the molecule is O=C(NCc1cccc(-c2cccc([C@H]3O[C@@H](CN4CCOCC4)C[C@@H](c4ccc(CO)cc4)O3)c2)c1)Nc1ccc(Oc2ccccc2)cc1. The fraction of sp³-hybridized carbons (Fsp3) is 0.262. The third-order valence-corrected chi connectivity index (χ3v) is 9.14. The number of morpholine rings is 1. The highest BCUT2D eigenvalue weighted by molar-refractivity contribution is 5.89. The van der Waals surface area contributed by atoms with Crippen LogP contribution in [0.2, 0.25) is 0 Å². The van der Waals surface area contributed by atoms with Gasteiger partial charge in [-0.15, -0.1) is 0 Å². The van der Waals surface area contributed by atoms with E-state index in [4.69, 9.17) is 18.9 Å². The van der Waals surface area contributed by atoms with Gasteiger partial charge in [-0.2, -0.15) is 0 Å². The van der Waals surface area contributed by atoms with Gasteiger partial charge >= 0.3 is 6.03 Å². The Morgan fingerprint density at radius 3 is 2.24 bits per heavy atom. The van der Waals surface area contributed by atoms with Crippen LogP contribution in [-0.2, 0) is 27.4 Å². The number of rotatable bonds is 11. The number of urea groups is 1. The largest absolute Gasteiger partial charge is 0.457 e. The van der Waals surface area contributed by atoms with E-state index in [-0.39, 0.29) is 24.8 Å². The summed E-state index contributed by atoms with van der Waals surface area (Å²) in [6.07, 6.45) is 0.0315. The summed E-state index contributed by atoms with van der Waals surface area (Å²) in [4.78, 5) is 15.1. The molecule has 0 bridgehead atoms. The minimum atomic E-state index is -0.542. The number of ether oxygens (including phenoxy) is 4. The average molecular weight is 686 g/mol. The Morgan fingerprint density at radius 1 is 0.745 bits per heavy atom. The number of para-hydroxylation sites is 1. The second-order valence-corrected chi connectivity index (χ2v) is 12.8. The van der Waals surface area contributed by atoms with Crippen molar-refractivity contribution in [2.24, 2.45) is 0 Å². The third kappa shape index (κ3) is 9.40. The van der Waals surface area contributed by atoms with Crippen LogP contribution in [0.15, 0.2) is 127 Å². The number of amides is 2. The summed E-state index contributed by atoms with van der Waals surface area (Å²) in [6, 6.07) is 41.0. The van der Waals surface area contributed by atoms with Gasteiger partial charge in [-0.05, 0) is 76.3 Å². The van der Waals surface area contributed by atoms with Crippen LogP contribution in [0.4, 0.5) is 10.5 Å². The number of hydrogen-bond acceptors (Lipinski definition) is 7. The Hall–Kier alpha value is -5.03. The molecule has 0 aromatic heterocycles. The van der Waals surface area contributed by atoms with E-state index in [0.29, 0.717) is 18.0 Å². The molecule has 3 N–H and O–H groups in total. The molecule has 51 heavy (non-hydrogen) atoms. The van der Waals surface area contributed by atoms with Crippen molar-refractivity contribution < 1.29 is 28.8 Å². The Kier molecular flexibility index (Phi) is 11.3. The van der Waals surface area contributed by atoms with Crippen LogP contribution in [0.5, 0.6) is 11.5 Å². The van der Waals surface area contributed by atoms with Crippen LogP contribution in [-0.4, -0.2) is 55.0 Å². The Balaban J connectivity index is 0.996. The molecule has 2 heterocycles. The minimum absolute atomic E-state index is 0.00886. The molecular formula is C42H43N3O6. The van der Waals surface area contributed by atoms with Gasteiger partial charge in [-0.1, -0.05) is 78.9 Å². The molecule has 0 aliphatic carbocycles. The Bertz CT molecular complexity index is 1860. The smallest absolute Gasteiger partial charge is 0.319 e. The van der Waals surface area contributed by atoms with E-state index >= 15 is 0 Å². The second-order valence-electron chi connectivity index (χ2n) is 12.8. The van der Waals surface area contributed by atoms with Gasteiger partial charge in [0.1, 0.15) is 11.5 Å². The molecule has 2 saturated heterocycles. The molecule has 9 nitrogen and oxygen atoms in total. The molecule has 5 aromatic carbocycles. The molecule has 3 atom stereocenters. The van der Waals surface area contributed by atoms with E-state index in [1.54, 1.807) is 0 Å². The van der Waals surface area contributed by atoms with Gasteiger partial charge in [0.25, 0.3) is 0 Å². The standard InChI is InChI=1S/C42H43N3O6/c46-29-30-12-14-32(15-13-30)40-26-39(28-45-20-22-48-23-21-45)50-41(51-40)35-9-5-8-34(25-35)33-7-4-6-31(24-33)27-43-42(47)44-36-16-18-38(19-17-36)49-37-10-2-1-3-11-37/h1-19,24-25,39-41,46H,20-23,26-29H2,(H2,43,44,47)/t39-,40+,41+/m1/s1. The van der Waals surface area contributed by atoms with E-state index in [2.05, 4.69) is 39.8 Å². The lowest BCUT2D eigenvalue weighted by atomic mass is 9.98. The van der Waals surface area contributed by atoms with E-state index in [1.807, 2.05) is 103 Å². The predicted molar refractivity (Wildman–Crippen MR) is 196 cm³/mol. The van der Waals surface area contributed by atoms with E-state index < -0.39 is 6.29 Å². The number of nitrogens with one attached hydrogen (secondary N) is 2. The number of benzene rings is 5. The minimum Gasteiger partial charge on any atom is -0.457 e. The Morgan fingerprint density at radius 2 is 1.47 bits per heavy atom. The lowest BCUT2D eigenvalue weighted by molar-refractivity contribution is -0.253. The fourth-order valence-electron chi connectivity index (χ4n) is 6.42. The van der Waals surface area contributed by atoms with E-state index in [1.165, 1.54) is 0 Å². The third-order valence-electron chi connectivity index (χ3n) is 9.14. The fourth-order valence-corrected chi connectivity index (χ4v) is 6.42. The first-order chi connectivity index (χ1) is 25.1. The second kappa shape index (κ2) is 16.8. The quantitative estimate of drug-likeness (QED) is 0.130. The van der Waals surface area contributed by atoms with Crippen molar-refractivity contribution >= 4 is 11.7 Å². The van der Waals surface area contributed by atoms with E-state index in [9.17, 15) is 9.90 Å². The maximum absolute atomic E-state index is 12.7. The summed E-state index contributed by atoms with van der Waals surface area (Å²) >= 11 is 0. The summed E-state index contributed by atoms with van der Waals surface area (Å²) < 4.78 is 24.7. The topological polar surface area (TPSA) is 102 Å².